The number of halogens is 2. The Labute approximate surface area is 97.2 Å². The van der Waals surface area contributed by atoms with Crippen molar-refractivity contribution in [3.05, 3.63) is 33.9 Å². The smallest absolute Gasteiger partial charge is 0.0756 e. The Morgan fingerprint density at radius 1 is 1.27 bits per heavy atom. The van der Waals surface area contributed by atoms with Gasteiger partial charge in [-0.2, -0.15) is 0 Å². The van der Waals surface area contributed by atoms with Crippen molar-refractivity contribution >= 4 is 39.8 Å². The number of nitrogen functional groups attached to an aromatic ring is 1. The van der Waals surface area contributed by atoms with Crippen molar-refractivity contribution < 1.29 is 0 Å². The van der Waals surface area contributed by atoms with Crippen LogP contribution in [0.1, 0.15) is 5.69 Å². The van der Waals surface area contributed by atoms with Gasteiger partial charge in [-0.3, -0.25) is 10.8 Å². The van der Waals surface area contributed by atoms with Gasteiger partial charge in [0.05, 0.1) is 16.2 Å². The third kappa shape index (κ3) is 1.86. The first-order valence-electron chi connectivity index (χ1n) is 4.35. The summed E-state index contributed by atoms with van der Waals surface area (Å²) in [5.41, 5.74) is 4.94. The second-order valence-corrected chi connectivity index (χ2v) is 4.08. The van der Waals surface area contributed by atoms with Crippen LogP contribution in [0, 0.1) is 6.92 Å². The first-order chi connectivity index (χ1) is 7.11. The van der Waals surface area contributed by atoms with E-state index in [1.807, 2.05) is 13.0 Å². The van der Waals surface area contributed by atoms with E-state index in [0.29, 0.717) is 10.0 Å². The predicted molar refractivity (Wildman–Crippen MR) is 64.3 cm³/mol. The lowest BCUT2D eigenvalue weighted by molar-refractivity contribution is 1.24. The Morgan fingerprint density at radius 2 is 2.00 bits per heavy atom. The van der Waals surface area contributed by atoms with Gasteiger partial charge in [0.2, 0.25) is 0 Å². The molecule has 78 valence electrons. The number of anilines is 1. The monoisotopic (exact) mass is 241 g/mol. The van der Waals surface area contributed by atoms with Crippen LogP contribution in [-0.4, -0.2) is 4.98 Å². The van der Waals surface area contributed by atoms with Crippen molar-refractivity contribution in [2.24, 2.45) is 5.84 Å². The van der Waals surface area contributed by atoms with E-state index >= 15 is 0 Å². The second kappa shape index (κ2) is 3.85. The average molecular weight is 242 g/mol. The van der Waals surface area contributed by atoms with Gasteiger partial charge >= 0.3 is 0 Å². The molecule has 0 fully saturated rings. The molecule has 0 bridgehead atoms. The topological polar surface area (TPSA) is 50.9 Å². The highest BCUT2D eigenvalue weighted by Crippen LogP contribution is 2.32. The zero-order valence-corrected chi connectivity index (χ0v) is 9.52. The Hall–Kier alpha value is -1.03. The number of nitrogens with two attached hydrogens (primary N) is 1. The van der Waals surface area contributed by atoms with E-state index in [1.54, 1.807) is 12.1 Å². The quantitative estimate of drug-likeness (QED) is 0.596. The normalized spacial score (nSPS) is 10.7. The van der Waals surface area contributed by atoms with E-state index in [9.17, 15) is 0 Å². The molecule has 0 saturated carbocycles. The Balaban J connectivity index is 2.90. The second-order valence-electron chi connectivity index (χ2n) is 3.24. The fourth-order valence-corrected chi connectivity index (χ4v) is 2.12. The number of hydrogen-bond donors (Lipinski definition) is 2. The summed E-state index contributed by atoms with van der Waals surface area (Å²) in [7, 11) is 0. The zero-order chi connectivity index (χ0) is 11.0. The molecule has 0 aliphatic rings. The highest BCUT2D eigenvalue weighted by Gasteiger charge is 2.08. The fourth-order valence-electron chi connectivity index (χ4n) is 1.53. The lowest BCUT2D eigenvalue weighted by Crippen LogP contribution is -2.08. The van der Waals surface area contributed by atoms with Gasteiger partial charge in [0.25, 0.3) is 0 Å². The minimum atomic E-state index is 0.540. The molecule has 2 aromatic rings. The number of hydrogen-bond acceptors (Lipinski definition) is 3. The zero-order valence-electron chi connectivity index (χ0n) is 8.01. The van der Waals surface area contributed by atoms with E-state index in [4.69, 9.17) is 29.0 Å². The van der Waals surface area contributed by atoms with Gasteiger partial charge in [0.15, 0.2) is 0 Å². The van der Waals surface area contributed by atoms with Crippen molar-refractivity contribution in [1.82, 2.24) is 4.98 Å². The van der Waals surface area contributed by atoms with E-state index in [-0.39, 0.29) is 0 Å². The third-order valence-corrected chi connectivity index (χ3v) is 2.63. The molecule has 0 saturated heterocycles. The number of benzene rings is 1. The Bertz CT molecular complexity index is 520. The van der Waals surface area contributed by atoms with Gasteiger partial charge in [0.1, 0.15) is 0 Å². The SMILES string of the molecule is Cc1cc(NN)c2c(Cl)cc(Cl)cc2n1. The number of aryl methyl sites for hydroxylation is 1. The maximum atomic E-state index is 6.08. The minimum absolute atomic E-state index is 0.540. The van der Waals surface area contributed by atoms with Crippen LogP contribution in [0.2, 0.25) is 10.0 Å². The Morgan fingerprint density at radius 3 is 2.67 bits per heavy atom. The summed E-state index contributed by atoms with van der Waals surface area (Å²) in [5.74, 6) is 5.42. The summed E-state index contributed by atoms with van der Waals surface area (Å²) in [6.45, 7) is 1.88. The molecular formula is C10H9Cl2N3. The number of hydrazine groups is 1. The lowest BCUT2D eigenvalue weighted by atomic mass is 10.1. The van der Waals surface area contributed by atoms with Crippen molar-refractivity contribution in [2.75, 3.05) is 5.43 Å². The minimum Gasteiger partial charge on any atom is -0.323 e. The van der Waals surface area contributed by atoms with E-state index in [0.717, 1.165) is 22.3 Å². The van der Waals surface area contributed by atoms with Gasteiger partial charge in [-0.15, -0.1) is 0 Å². The van der Waals surface area contributed by atoms with Crippen LogP contribution in [0.5, 0.6) is 0 Å². The van der Waals surface area contributed by atoms with Crippen molar-refractivity contribution in [1.29, 1.82) is 0 Å². The summed E-state index contributed by atoms with van der Waals surface area (Å²) in [4.78, 5) is 4.34. The highest BCUT2D eigenvalue weighted by molar-refractivity contribution is 6.39. The summed E-state index contributed by atoms with van der Waals surface area (Å²) in [6, 6.07) is 5.27. The van der Waals surface area contributed by atoms with Gasteiger partial charge in [-0.25, -0.2) is 0 Å². The maximum absolute atomic E-state index is 6.08. The van der Waals surface area contributed by atoms with E-state index in [2.05, 4.69) is 10.4 Å². The first-order valence-corrected chi connectivity index (χ1v) is 5.10. The van der Waals surface area contributed by atoms with Crippen LogP contribution < -0.4 is 11.3 Å². The van der Waals surface area contributed by atoms with Crippen LogP contribution >= 0.6 is 23.2 Å². The van der Waals surface area contributed by atoms with Gasteiger partial charge in [-0.1, -0.05) is 23.2 Å². The molecule has 1 aromatic heterocycles. The molecule has 3 N–H and O–H groups in total. The summed E-state index contributed by atoms with van der Waals surface area (Å²) in [6.07, 6.45) is 0. The molecule has 0 unspecified atom stereocenters. The molecule has 0 aliphatic carbocycles. The van der Waals surface area contributed by atoms with Gasteiger partial charge < -0.3 is 5.43 Å². The average Bonchev–Trinajstić information content (AvgIpc) is 2.14. The van der Waals surface area contributed by atoms with Crippen molar-refractivity contribution in [3.8, 4) is 0 Å². The van der Waals surface area contributed by atoms with Crippen LogP contribution in [0.4, 0.5) is 5.69 Å². The molecule has 0 atom stereocenters. The van der Waals surface area contributed by atoms with E-state index < -0.39 is 0 Å². The maximum Gasteiger partial charge on any atom is 0.0756 e. The largest absolute Gasteiger partial charge is 0.323 e. The van der Waals surface area contributed by atoms with Gasteiger partial charge in [-0.05, 0) is 25.1 Å². The Kier molecular flexibility index (Phi) is 2.69. The van der Waals surface area contributed by atoms with Crippen LogP contribution in [0.15, 0.2) is 18.2 Å². The molecule has 0 amide bonds. The summed E-state index contributed by atoms with van der Waals surface area (Å²) in [5, 5.41) is 1.89. The fraction of sp³-hybridized carbons (Fsp3) is 0.100. The van der Waals surface area contributed by atoms with Crippen LogP contribution in [-0.2, 0) is 0 Å². The van der Waals surface area contributed by atoms with E-state index in [1.165, 1.54) is 0 Å². The molecule has 15 heavy (non-hydrogen) atoms. The number of nitrogens with zero attached hydrogens (tertiary/aromatic N) is 1. The standard InChI is InChI=1S/C10H9Cl2N3/c1-5-2-9(15-13)10-7(12)3-6(11)4-8(10)14-5/h2-4H,13H2,1H3,(H,14,15). The number of nitrogens with one attached hydrogen (secondary N) is 1. The van der Waals surface area contributed by atoms with Crippen molar-refractivity contribution in [3.63, 3.8) is 0 Å². The molecule has 5 heteroatoms. The highest BCUT2D eigenvalue weighted by atomic mass is 35.5. The third-order valence-electron chi connectivity index (χ3n) is 2.11. The molecular weight excluding hydrogens is 233 g/mol. The first kappa shape index (κ1) is 10.5. The number of rotatable bonds is 1. The molecule has 1 aromatic carbocycles. The predicted octanol–water partition coefficient (Wildman–Crippen LogP) is 3.14. The molecule has 2 rings (SSSR count). The molecule has 1 heterocycles. The van der Waals surface area contributed by atoms with Crippen molar-refractivity contribution in [2.45, 2.75) is 6.92 Å². The summed E-state index contributed by atoms with van der Waals surface area (Å²) < 4.78 is 0. The van der Waals surface area contributed by atoms with Crippen LogP contribution in [0.3, 0.4) is 0 Å². The number of aromatic nitrogens is 1. The lowest BCUT2D eigenvalue weighted by Gasteiger charge is -2.08. The number of pyridine rings is 1. The molecule has 0 radical (unpaired) electrons. The van der Waals surface area contributed by atoms with Crippen LogP contribution in [0.25, 0.3) is 10.9 Å². The molecule has 3 nitrogen and oxygen atoms in total. The molecule has 0 spiro atoms. The molecule has 0 aliphatic heterocycles. The summed E-state index contributed by atoms with van der Waals surface area (Å²) >= 11 is 12.0. The number of fused-ring (bicyclic) bond motifs is 1. The van der Waals surface area contributed by atoms with Gasteiger partial charge in [0, 0.05) is 16.1 Å².